The van der Waals surface area contributed by atoms with E-state index in [9.17, 15) is 18.4 Å². The van der Waals surface area contributed by atoms with Crippen molar-refractivity contribution in [3.05, 3.63) is 96.1 Å². The van der Waals surface area contributed by atoms with Gasteiger partial charge in [0, 0.05) is 42.7 Å². The number of carbonyl (C=O) groups excluding carboxylic acids is 2. The highest BCUT2D eigenvalue weighted by molar-refractivity contribution is 5.90. The van der Waals surface area contributed by atoms with Crippen LogP contribution in [-0.2, 0) is 4.79 Å². The quantitative estimate of drug-likeness (QED) is 0.367. The number of para-hydroxylation sites is 2. The van der Waals surface area contributed by atoms with Crippen molar-refractivity contribution >= 4 is 23.3 Å². The molecule has 3 N–H and O–H groups in total. The van der Waals surface area contributed by atoms with Gasteiger partial charge in [-0.3, -0.25) is 4.79 Å². The van der Waals surface area contributed by atoms with E-state index in [-0.39, 0.29) is 36.8 Å². The van der Waals surface area contributed by atoms with Crippen molar-refractivity contribution in [2.45, 2.75) is 49.7 Å². The van der Waals surface area contributed by atoms with Crippen LogP contribution >= 0.6 is 0 Å². The number of hydrogen-bond acceptors (Lipinski definition) is 3. The molecule has 0 radical (unpaired) electrons. The van der Waals surface area contributed by atoms with Gasteiger partial charge in [-0.2, -0.15) is 0 Å². The molecule has 6 rings (SSSR count). The van der Waals surface area contributed by atoms with Gasteiger partial charge in [-0.25, -0.2) is 13.6 Å². The number of benzene rings is 3. The first-order chi connectivity index (χ1) is 18.9. The zero-order valence-electron chi connectivity index (χ0n) is 21.5. The Morgan fingerprint density at radius 2 is 1.59 bits per heavy atom. The zero-order chi connectivity index (χ0) is 27.0. The third-order valence-electron chi connectivity index (χ3n) is 8.40. The number of carbonyl (C=O) groups is 2. The molecule has 2 fully saturated rings. The van der Waals surface area contributed by atoms with Gasteiger partial charge >= 0.3 is 6.03 Å². The second-order valence-corrected chi connectivity index (χ2v) is 10.8. The number of likely N-dealkylation sites (tertiary alicyclic amines) is 1. The Morgan fingerprint density at radius 1 is 0.897 bits per heavy atom. The van der Waals surface area contributed by atoms with Crippen molar-refractivity contribution in [2.24, 2.45) is 11.8 Å². The molecule has 39 heavy (non-hydrogen) atoms. The first-order valence-corrected chi connectivity index (χ1v) is 13.6. The lowest BCUT2D eigenvalue weighted by Gasteiger charge is -2.42. The Hall–Kier alpha value is -3.94. The second-order valence-electron chi connectivity index (χ2n) is 10.8. The summed E-state index contributed by atoms with van der Waals surface area (Å²) in [5, 5.41) is 9.26. The van der Waals surface area contributed by atoms with Gasteiger partial charge in [-0.1, -0.05) is 66.7 Å². The van der Waals surface area contributed by atoms with Crippen LogP contribution in [-0.4, -0.2) is 35.3 Å². The molecule has 0 bridgehead atoms. The third kappa shape index (κ3) is 5.07. The van der Waals surface area contributed by atoms with E-state index in [4.69, 9.17) is 0 Å². The summed E-state index contributed by atoms with van der Waals surface area (Å²) in [6.07, 6.45) is -0.134. The number of halogens is 2. The van der Waals surface area contributed by atoms with Gasteiger partial charge in [0.1, 0.15) is 0 Å². The molecule has 2 aliphatic heterocycles. The lowest BCUT2D eigenvalue weighted by molar-refractivity contribution is -0.145. The minimum Gasteiger partial charge on any atom is -0.378 e. The fraction of sp³-hybridized carbons (Fsp3) is 0.355. The summed E-state index contributed by atoms with van der Waals surface area (Å²) in [4.78, 5) is 28.7. The maximum absolute atomic E-state index is 14.7. The number of nitrogens with one attached hydrogen (secondary N) is 3. The predicted octanol–water partition coefficient (Wildman–Crippen LogP) is 6.37. The average molecular weight is 531 g/mol. The number of amides is 3. The highest BCUT2D eigenvalue weighted by atomic mass is 19.3. The molecule has 2 heterocycles. The Labute approximate surface area is 226 Å². The van der Waals surface area contributed by atoms with E-state index in [0.717, 1.165) is 23.2 Å². The standard InChI is InChI=1S/C31H32F2N4O2/c32-31(33)17-15-26(36-30(39)34-21-11-5-2-6-12-21)24(19-31)29(38)37-18-16-23-27(20-9-3-1-4-10-20)35-25-14-8-7-13-22(25)28(23)37/h1-14,23-24,26-28,35H,15-19H2,(H2,34,36,39)/t23-,24+,26-,27+,28+/m1/s1. The van der Waals surface area contributed by atoms with Crippen LogP contribution in [0.15, 0.2) is 84.9 Å². The second kappa shape index (κ2) is 10.3. The molecule has 1 saturated carbocycles. The molecular weight excluding hydrogens is 498 g/mol. The monoisotopic (exact) mass is 530 g/mol. The van der Waals surface area contributed by atoms with E-state index in [1.54, 1.807) is 29.2 Å². The van der Waals surface area contributed by atoms with Gasteiger partial charge in [0.05, 0.1) is 18.0 Å². The summed E-state index contributed by atoms with van der Waals surface area (Å²) in [5.41, 5.74) is 3.70. The van der Waals surface area contributed by atoms with Crippen molar-refractivity contribution in [1.29, 1.82) is 0 Å². The number of alkyl halides is 2. The normalized spacial score (nSPS) is 27.0. The fourth-order valence-electron chi connectivity index (χ4n) is 6.60. The first-order valence-electron chi connectivity index (χ1n) is 13.6. The molecule has 6 nitrogen and oxygen atoms in total. The molecule has 3 aliphatic rings. The highest BCUT2D eigenvalue weighted by Gasteiger charge is 2.51. The van der Waals surface area contributed by atoms with Crippen molar-refractivity contribution in [2.75, 3.05) is 17.2 Å². The number of anilines is 2. The van der Waals surface area contributed by atoms with E-state index >= 15 is 0 Å². The van der Waals surface area contributed by atoms with E-state index in [1.807, 2.05) is 48.5 Å². The molecule has 8 heteroatoms. The summed E-state index contributed by atoms with van der Waals surface area (Å²) in [5.74, 6) is -4.17. The molecule has 3 aromatic carbocycles. The summed E-state index contributed by atoms with van der Waals surface area (Å²) in [6, 6.07) is 25.6. The van der Waals surface area contributed by atoms with Gasteiger partial charge in [0.2, 0.25) is 11.8 Å². The Morgan fingerprint density at radius 3 is 2.36 bits per heavy atom. The molecule has 0 unspecified atom stereocenters. The van der Waals surface area contributed by atoms with E-state index in [0.29, 0.717) is 12.2 Å². The minimum absolute atomic E-state index is 0.00210. The molecule has 1 saturated heterocycles. The molecule has 3 amide bonds. The number of nitrogens with zero attached hydrogens (tertiary/aromatic N) is 1. The van der Waals surface area contributed by atoms with E-state index < -0.39 is 30.3 Å². The van der Waals surface area contributed by atoms with Crippen molar-refractivity contribution < 1.29 is 18.4 Å². The van der Waals surface area contributed by atoms with E-state index in [2.05, 4.69) is 28.1 Å². The van der Waals surface area contributed by atoms with Gasteiger partial charge in [-0.05, 0) is 42.2 Å². The molecule has 5 atom stereocenters. The van der Waals surface area contributed by atoms with Gasteiger partial charge in [0.25, 0.3) is 0 Å². The first kappa shape index (κ1) is 25.3. The van der Waals surface area contributed by atoms with E-state index in [1.165, 1.54) is 0 Å². The van der Waals surface area contributed by atoms with Crippen LogP contribution in [0.2, 0.25) is 0 Å². The largest absolute Gasteiger partial charge is 0.378 e. The summed E-state index contributed by atoms with van der Waals surface area (Å²) < 4.78 is 29.4. The van der Waals surface area contributed by atoms with Crippen LogP contribution in [0.4, 0.5) is 25.0 Å². The molecule has 202 valence electrons. The lowest BCUT2D eigenvalue weighted by atomic mass is 9.78. The minimum atomic E-state index is -2.95. The zero-order valence-corrected chi connectivity index (χ0v) is 21.5. The number of urea groups is 1. The summed E-state index contributed by atoms with van der Waals surface area (Å²) >= 11 is 0. The van der Waals surface area contributed by atoms with Crippen molar-refractivity contribution in [3.63, 3.8) is 0 Å². The highest BCUT2D eigenvalue weighted by Crippen LogP contribution is 2.52. The summed E-state index contributed by atoms with van der Waals surface area (Å²) in [6.45, 7) is 0.485. The van der Waals surface area contributed by atoms with Gasteiger partial charge in [-0.15, -0.1) is 0 Å². The third-order valence-corrected chi connectivity index (χ3v) is 8.40. The Balaban J connectivity index is 1.27. The molecule has 1 aliphatic carbocycles. The van der Waals surface area contributed by atoms with Crippen LogP contribution in [0.1, 0.15) is 48.9 Å². The molecule has 0 aromatic heterocycles. The lowest BCUT2D eigenvalue weighted by Crippen LogP contribution is -2.54. The van der Waals surface area contributed by atoms with Crippen molar-refractivity contribution in [1.82, 2.24) is 10.2 Å². The Kier molecular flexibility index (Phi) is 6.71. The smallest absolute Gasteiger partial charge is 0.319 e. The van der Waals surface area contributed by atoms with Crippen LogP contribution in [0, 0.1) is 11.8 Å². The number of fused-ring (bicyclic) bond motifs is 3. The maximum Gasteiger partial charge on any atom is 0.319 e. The van der Waals surface area contributed by atoms with Crippen LogP contribution in [0.25, 0.3) is 0 Å². The molecule has 0 spiro atoms. The predicted molar refractivity (Wildman–Crippen MR) is 146 cm³/mol. The topological polar surface area (TPSA) is 73.5 Å². The SMILES string of the molecule is O=C(Nc1ccccc1)N[C@@H]1CCC(F)(F)C[C@@H]1C(=O)N1CC[C@@H]2[C@H](c3ccccc3)Nc3ccccc3[C@@H]21. The van der Waals surface area contributed by atoms with Crippen molar-refractivity contribution in [3.8, 4) is 0 Å². The van der Waals surface area contributed by atoms with Gasteiger partial charge in [0.15, 0.2) is 0 Å². The fourth-order valence-corrected chi connectivity index (χ4v) is 6.60. The van der Waals surface area contributed by atoms with Gasteiger partial charge < -0.3 is 20.9 Å². The van der Waals surface area contributed by atoms with Crippen LogP contribution in [0.5, 0.6) is 0 Å². The number of hydrogen-bond donors (Lipinski definition) is 3. The van der Waals surface area contributed by atoms with Crippen LogP contribution < -0.4 is 16.0 Å². The maximum atomic E-state index is 14.7. The van der Waals surface area contributed by atoms with Crippen LogP contribution in [0.3, 0.4) is 0 Å². The molecular formula is C31H32F2N4O2. The average Bonchev–Trinajstić information content (AvgIpc) is 3.40. The molecule has 3 aromatic rings. The number of rotatable bonds is 4. The Bertz CT molecular complexity index is 1340. The summed E-state index contributed by atoms with van der Waals surface area (Å²) in [7, 11) is 0.